The van der Waals surface area contributed by atoms with Crippen LogP contribution < -0.4 is 0 Å². The second-order valence-electron chi connectivity index (χ2n) is 4.13. The van der Waals surface area contributed by atoms with E-state index in [1.807, 2.05) is 19.1 Å². The maximum Gasteiger partial charge on any atom is 0.255 e. The Morgan fingerprint density at radius 2 is 2.13 bits per heavy atom. The topological polar surface area (TPSA) is 13.1 Å². The number of alkyl halides is 2. The summed E-state index contributed by atoms with van der Waals surface area (Å²) in [7, 11) is 0. The highest BCUT2D eigenvalue weighted by Gasteiger charge is 2.58. The third kappa shape index (κ3) is 1.26. The van der Waals surface area contributed by atoms with Gasteiger partial charge in [-0.25, -0.2) is 8.78 Å². The summed E-state index contributed by atoms with van der Waals surface area (Å²) in [5.41, 5.74) is 1.42. The summed E-state index contributed by atoms with van der Waals surface area (Å²) in [6, 6.07) is 7.18. The fourth-order valence-electron chi connectivity index (χ4n) is 2.07. The minimum Gasteiger partial charge on any atom is -0.461 e. The number of aryl methyl sites for hydroxylation is 1. The van der Waals surface area contributed by atoms with E-state index in [0.29, 0.717) is 11.1 Å². The Morgan fingerprint density at radius 1 is 1.40 bits per heavy atom. The summed E-state index contributed by atoms with van der Waals surface area (Å²) < 4.78 is 31.4. The molecule has 0 radical (unpaired) electrons. The Hall–Kier alpha value is -1.38. The Morgan fingerprint density at radius 3 is 2.80 bits per heavy atom. The van der Waals surface area contributed by atoms with Gasteiger partial charge in [-0.15, -0.1) is 0 Å². The van der Waals surface area contributed by atoms with Gasteiger partial charge in [0.05, 0.1) is 5.92 Å². The van der Waals surface area contributed by atoms with Crippen LogP contribution in [0.25, 0.3) is 11.0 Å². The van der Waals surface area contributed by atoms with Crippen molar-refractivity contribution < 1.29 is 13.2 Å². The molecule has 1 aliphatic carbocycles. The minimum atomic E-state index is -2.51. The summed E-state index contributed by atoms with van der Waals surface area (Å²) in [5, 5.41) is 0.831. The van der Waals surface area contributed by atoms with Crippen molar-refractivity contribution in [2.75, 3.05) is 0 Å². The predicted octanol–water partition coefficient (Wildman–Crippen LogP) is 3.86. The molecule has 1 saturated carbocycles. The molecule has 1 atom stereocenters. The Bertz CT molecular complexity index is 527. The normalized spacial score (nSPS) is 23.3. The lowest BCUT2D eigenvalue weighted by molar-refractivity contribution is 0.112. The first kappa shape index (κ1) is 8.89. The van der Waals surface area contributed by atoms with Crippen LogP contribution in [0.2, 0.25) is 0 Å². The molecule has 1 unspecified atom stereocenters. The second kappa shape index (κ2) is 2.60. The van der Waals surface area contributed by atoms with Crippen molar-refractivity contribution in [3.05, 3.63) is 35.6 Å². The van der Waals surface area contributed by atoms with Crippen molar-refractivity contribution in [3.8, 4) is 0 Å². The lowest BCUT2D eigenvalue weighted by Crippen LogP contribution is -1.92. The van der Waals surface area contributed by atoms with E-state index >= 15 is 0 Å². The van der Waals surface area contributed by atoms with E-state index in [4.69, 9.17) is 4.42 Å². The first-order chi connectivity index (χ1) is 7.08. The lowest BCUT2D eigenvalue weighted by atomic mass is 10.1. The van der Waals surface area contributed by atoms with Crippen molar-refractivity contribution in [2.24, 2.45) is 0 Å². The molecule has 3 rings (SSSR count). The summed E-state index contributed by atoms with van der Waals surface area (Å²) in [6.07, 6.45) is -0.0314. The molecule has 1 aromatic carbocycles. The van der Waals surface area contributed by atoms with Crippen molar-refractivity contribution in [2.45, 2.75) is 25.2 Å². The molecular weight excluding hydrogens is 198 g/mol. The highest BCUT2D eigenvalue weighted by Crippen LogP contribution is 2.57. The molecule has 0 amide bonds. The Kier molecular flexibility index (Phi) is 1.54. The number of benzene rings is 1. The van der Waals surface area contributed by atoms with Gasteiger partial charge in [-0.05, 0) is 24.6 Å². The molecule has 1 heterocycles. The largest absolute Gasteiger partial charge is 0.461 e. The summed E-state index contributed by atoms with van der Waals surface area (Å²) in [5.74, 6) is -2.36. The third-order valence-corrected chi connectivity index (χ3v) is 2.92. The van der Waals surface area contributed by atoms with Crippen LogP contribution in [-0.2, 0) is 0 Å². The van der Waals surface area contributed by atoms with Crippen molar-refractivity contribution in [3.63, 3.8) is 0 Å². The lowest BCUT2D eigenvalue weighted by Gasteiger charge is -2.00. The highest BCUT2D eigenvalue weighted by molar-refractivity contribution is 5.83. The predicted molar refractivity (Wildman–Crippen MR) is 53.3 cm³/mol. The van der Waals surface area contributed by atoms with E-state index in [9.17, 15) is 8.78 Å². The molecule has 1 aliphatic rings. The van der Waals surface area contributed by atoms with Gasteiger partial charge in [0.25, 0.3) is 5.92 Å². The molecule has 0 bridgehead atoms. The number of furan rings is 1. The molecule has 3 heteroatoms. The van der Waals surface area contributed by atoms with Gasteiger partial charge in [0.2, 0.25) is 0 Å². The molecule has 78 valence electrons. The van der Waals surface area contributed by atoms with Crippen LogP contribution in [0.15, 0.2) is 28.7 Å². The number of hydrogen-bond acceptors (Lipinski definition) is 1. The number of fused-ring (bicyclic) bond motifs is 1. The number of halogens is 2. The van der Waals surface area contributed by atoms with Gasteiger partial charge in [0, 0.05) is 11.8 Å². The van der Waals surface area contributed by atoms with E-state index in [1.165, 1.54) is 0 Å². The van der Waals surface area contributed by atoms with E-state index < -0.39 is 11.8 Å². The first-order valence-electron chi connectivity index (χ1n) is 4.95. The van der Waals surface area contributed by atoms with E-state index in [2.05, 4.69) is 0 Å². The van der Waals surface area contributed by atoms with Crippen LogP contribution in [0.1, 0.15) is 23.7 Å². The highest BCUT2D eigenvalue weighted by atomic mass is 19.3. The molecular formula is C12H10F2O. The second-order valence-corrected chi connectivity index (χ2v) is 4.13. The maximum absolute atomic E-state index is 13.0. The Balaban J connectivity index is 2.19. The van der Waals surface area contributed by atoms with Crippen LogP contribution in [-0.4, -0.2) is 5.92 Å². The van der Waals surface area contributed by atoms with Gasteiger partial charge >= 0.3 is 0 Å². The van der Waals surface area contributed by atoms with Crippen LogP contribution >= 0.6 is 0 Å². The van der Waals surface area contributed by atoms with E-state index in [1.54, 1.807) is 12.1 Å². The van der Waals surface area contributed by atoms with Crippen LogP contribution in [0.4, 0.5) is 8.78 Å². The zero-order valence-corrected chi connectivity index (χ0v) is 8.26. The zero-order chi connectivity index (χ0) is 10.6. The zero-order valence-electron chi connectivity index (χ0n) is 8.26. The fraction of sp³-hybridized carbons (Fsp3) is 0.333. The SMILES string of the molecule is Cc1cc2c(C3CC3(F)F)cccc2o1. The van der Waals surface area contributed by atoms with Gasteiger partial charge < -0.3 is 4.42 Å². The van der Waals surface area contributed by atoms with Gasteiger partial charge in [-0.3, -0.25) is 0 Å². The standard InChI is InChI=1S/C12H10F2O/c1-7-5-9-8(10-6-12(10,13)14)3-2-4-11(9)15-7/h2-5,10H,6H2,1H3. The quantitative estimate of drug-likeness (QED) is 0.693. The molecule has 1 aromatic heterocycles. The summed E-state index contributed by atoms with van der Waals surface area (Å²) in [4.78, 5) is 0. The number of hydrogen-bond donors (Lipinski definition) is 0. The average molecular weight is 208 g/mol. The van der Waals surface area contributed by atoms with Gasteiger partial charge in [-0.2, -0.15) is 0 Å². The van der Waals surface area contributed by atoms with Gasteiger partial charge in [0.1, 0.15) is 11.3 Å². The van der Waals surface area contributed by atoms with E-state index in [0.717, 1.165) is 11.1 Å². The minimum absolute atomic E-state index is 0.0314. The molecule has 0 spiro atoms. The number of rotatable bonds is 1. The third-order valence-electron chi connectivity index (χ3n) is 2.92. The van der Waals surface area contributed by atoms with Gasteiger partial charge in [-0.1, -0.05) is 12.1 Å². The van der Waals surface area contributed by atoms with Crippen LogP contribution in [0.3, 0.4) is 0 Å². The molecule has 0 aliphatic heterocycles. The smallest absolute Gasteiger partial charge is 0.255 e. The van der Waals surface area contributed by atoms with Gasteiger partial charge in [0.15, 0.2) is 0 Å². The Labute approximate surface area is 85.7 Å². The monoisotopic (exact) mass is 208 g/mol. The van der Waals surface area contributed by atoms with Crippen molar-refractivity contribution in [1.82, 2.24) is 0 Å². The molecule has 15 heavy (non-hydrogen) atoms. The maximum atomic E-state index is 13.0. The fourth-order valence-corrected chi connectivity index (χ4v) is 2.07. The molecule has 1 nitrogen and oxygen atoms in total. The molecule has 2 aromatic rings. The van der Waals surface area contributed by atoms with Crippen LogP contribution in [0, 0.1) is 6.92 Å². The molecule has 0 saturated heterocycles. The van der Waals surface area contributed by atoms with Crippen molar-refractivity contribution in [1.29, 1.82) is 0 Å². The summed E-state index contributed by atoms with van der Waals surface area (Å²) >= 11 is 0. The molecule has 0 N–H and O–H groups in total. The van der Waals surface area contributed by atoms with Crippen molar-refractivity contribution >= 4 is 11.0 Å². The molecule has 1 fully saturated rings. The summed E-state index contributed by atoms with van der Waals surface area (Å²) in [6.45, 7) is 1.83. The first-order valence-corrected chi connectivity index (χ1v) is 4.95. The average Bonchev–Trinajstić information content (AvgIpc) is 2.63. The van der Waals surface area contributed by atoms with E-state index in [-0.39, 0.29) is 6.42 Å². The van der Waals surface area contributed by atoms with Crippen LogP contribution in [0.5, 0.6) is 0 Å².